The lowest BCUT2D eigenvalue weighted by atomic mass is 10.1. The average Bonchev–Trinajstić information content (AvgIpc) is 2.64. The Kier molecular flexibility index (Phi) is 8.04. The highest BCUT2D eigenvalue weighted by Gasteiger charge is 2.24. The highest BCUT2D eigenvalue weighted by molar-refractivity contribution is 9.10. The second kappa shape index (κ2) is 10.3. The van der Waals surface area contributed by atoms with Crippen molar-refractivity contribution in [2.45, 2.75) is 52.5 Å². The van der Waals surface area contributed by atoms with E-state index in [0.29, 0.717) is 13.1 Å². The predicted molar refractivity (Wildman–Crippen MR) is 116 cm³/mol. The number of unbranched alkanes of at least 4 members (excludes halogenated alkanes) is 2. The molecule has 1 aromatic heterocycles. The second-order valence-corrected chi connectivity index (χ2v) is 7.62. The van der Waals surface area contributed by atoms with E-state index in [-0.39, 0.29) is 23.8 Å². The van der Waals surface area contributed by atoms with Gasteiger partial charge in [-0.2, -0.15) is 0 Å². The van der Waals surface area contributed by atoms with Gasteiger partial charge in [-0.05, 0) is 30.5 Å². The molecule has 152 valence electrons. The van der Waals surface area contributed by atoms with Crippen molar-refractivity contribution in [2.75, 3.05) is 17.2 Å². The van der Waals surface area contributed by atoms with Crippen molar-refractivity contribution in [1.29, 1.82) is 0 Å². The van der Waals surface area contributed by atoms with Crippen molar-refractivity contribution in [3.05, 3.63) is 55.1 Å². The Morgan fingerprint density at radius 3 is 2.57 bits per heavy atom. The third-order valence-electron chi connectivity index (χ3n) is 4.50. The van der Waals surface area contributed by atoms with Gasteiger partial charge < -0.3 is 10.6 Å². The van der Waals surface area contributed by atoms with E-state index in [2.05, 4.69) is 20.9 Å². The molecule has 3 N–H and O–H groups in total. The summed E-state index contributed by atoms with van der Waals surface area (Å²) >= 11 is 3.40. The number of benzene rings is 1. The minimum Gasteiger partial charge on any atom is -0.383 e. The molecule has 0 radical (unpaired) electrons. The summed E-state index contributed by atoms with van der Waals surface area (Å²) in [6, 6.07) is 7.46. The van der Waals surface area contributed by atoms with Crippen molar-refractivity contribution in [3.63, 3.8) is 0 Å². The van der Waals surface area contributed by atoms with E-state index >= 15 is 0 Å². The maximum Gasteiger partial charge on any atom is 0.330 e. The molecule has 1 amide bonds. The van der Waals surface area contributed by atoms with Gasteiger partial charge in [0, 0.05) is 17.6 Å². The number of carbonyl (C=O) groups excluding carboxylic acids is 1. The Balaban J connectivity index is 2.45. The Bertz CT molecular complexity index is 936. The van der Waals surface area contributed by atoms with Crippen molar-refractivity contribution < 1.29 is 4.79 Å². The SMILES string of the molecule is CCCCN(C(=O)Cc1cccc(Br)c1)c1c(N)n(CCCC)c(=O)[nH]c1=O. The van der Waals surface area contributed by atoms with Crippen LogP contribution in [-0.2, 0) is 17.8 Å². The third-order valence-corrected chi connectivity index (χ3v) is 4.99. The second-order valence-electron chi connectivity index (χ2n) is 6.70. The van der Waals surface area contributed by atoms with Crippen LogP contribution in [0.25, 0.3) is 0 Å². The molecule has 0 spiro atoms. The van der Waals surface area contributed by atoms with Crippen LogP contribution >= 0.6 is 15.9 Å². The molecule has 0 bridgehead atoms. The van der Waals surface area contributed by atoms with Crippen LogP contribution < -0.4 is 21.9 Å². The molecule has 28 heavy (non-hydrogen) atoms. The molecule has 1 aromatic carbocycles. The summed E-state index contributed by atoms with van der Waals surface area (Å²) in [5, 5.41) is 0. The molecule has 2 aromatic rings. The van der Waals surface area contributed by atoms with Gasteiger partial charge in [0.25, 0.3) is 5.56 Å². The summed E-state index contributed by atoms with van der Waals surface area (Å²) in [5.41, 5.74) is 5.91. The molecule has 0 atom stereocenters. The zero-order valence-electron chi connectivity index (χ0n) is 16.3. The van der Waals surface area contributed by atoms with Crippen LogP contribution in [0.3, 0.4) is 0 Å². The number of anilines is 2. The summed E-state index contributed by atoms with van der Waals surface area (Å²) in [5.74, 6) is -0.190. The fourth-order valence-electron chi connectivity index (χ4n) is 2.97. The Morgan fingerprint density at radius 1 is 1.21 bits per heavy atom. The number of amides is 1. The molecule has 0 aliphatic rings. The van der Waals surface area contributed by atoms with Crippen molar-refractivity contribution >= 4 is 33.3 Å². The van der Waals surface area contributed by atoms with Crippen molar-refractivity contribution in [3.8, 4) is 0 Å². The van der Waals surface area contributed by atoms with Gasteiger partial charge in [-0.15, -0.1) is 0 Å². The summed E-state index contributed by atoms with van der Waals surface area (Å²) < 4.78 is 2.22. The van der Waals surface area contributed by atoms with Crippen LogP contribution in [0.1, 0.15) is 45.1 Å². The normalized spacial score (nSPS) is 10.8. The van der Waals surface area contributed by atoms with Crippen LogP contribution in [0.5, 0.6) is 0 Å². The zero-order chi connectivity index (χ0) is 20.7. The number of H-pyrrole nitrogens is 1. The quantitative estimate of drug-likeness (QED) is 0.612. The highest BCUT2D eigenvalue weighted by atomic mass is 79.9. The number of carbonyl (C=O) groups is 1. The molecule has 0 fully saturated rings. The Hall–Kier alpha value is -2.35. The summed E-state index contributed by atoms with van der Waals surface area (Å²) in [4.78, 5) is 41.5. The zero-order valence-corrected chi connectivity index (χ0v) is 17.9. The molecule has 2 rings (SSSR count). The molecule has 7 nitrogen and oxygen atoms in total. The van der Waals surface area contributed by atoms with E-state index in [1.165, 1.54) is 9.47 Å². The van der Waals surface area contributed by atoms with E-state index in [1.807, 2.05) is 38.1 Å². The van der Waals surface area contributed by atoms with E-state index in [4.69, 9.17) is 5.73 Å². The first kappa shape index (κ1) is 21.9. The molecular formula is C20H27BrN4O3. The average molecular weight is 451 g/mol. The number of hydrogen-bond donors (Lipinski definition) is 2. The standard InChI is InChI=1S/C20H27BrN4O3/c1-3-5-10-24(16(26)13-14-8-7-9-15(21)12-14)17-18(22)25(11-6-4-2)20(28)23-19(17)27/h7-9,12H,3-6,10-11,13,22H2,1-2H3,(H,23,27,28). The summed E-state index contributed by atoms with van der Waals surface area (Å²) in [6.45, 7) is 4.77. The van der Waals surface area contributed by atoms with Crippen molar-refractivity contribution in [1.82, 2.24) is 9.55 Å². The largest absolute Gasteiger partial charge is 0.383 e. The minimum absolute atomic E-state index is 0.0425. The number of nitrogens with one attached hydrogen (secondary N) is 1. The van der Waals surface area contributed by atoms with E-state index in [9.17, 15) is 14.4 Å². The monoisotopic (exact) mass is 450 g/mol. The fraction of sp³-hybridized carbons (Fsp3) is 0.450. The first-order chi connectivity index (χ1) is 13.4. The van der Waals surface area contributed by atoms with E-state index < -0.39 is 11.2 Å². The van der Waals surface area contributed by atoms with E-state index in [1.54, 1.807) is 0 Å². The van der Waals surface area contributed by atoms with Gasteiger partial charge in [-0.3, -0.25) is 19.1 Å². The molecular weight excluding hydrogens is 424 g/mol. The Morgan fingerprint density at radius 2 is 1.93 bits per heavy atom. The number of halogens is 1. The molecule has 0 saturated heterocycles. The fourth-order valence-corrected chi connectivity index (χ4v) is 3.42. The molecule has 8 heteroatoms. The first-order valence-corrected chi connectivity index (χ1v) is 10.4. The lowest BCUT2D eigenvalue weighted by Gasteiger charge is -2.24. The number of nitrogen functional groups attached to an aromatic ring is 1. The van der Waals surface area contributed by atoms with Gasteiger partial charge in [0.2, 0.25) is 5.91 Å². The van der Waals surface area contributed by atoms with Gasteiger partial charge in [-0.25, -0.2) is 4.79 Å². The maximum atomic E-state index is 13.1. The number of hydrogen-bond acceptors (Lipinski definition) is 4. The smallest absolute Gasteiger partial charge is 0.330 e. The van der Waals surface area contributed by atoms with E-state index in [0.717, 1.165) is 35.7 Å². The van der Waals surface area contributed by atoms with Gasteiger partial charge in [0.05, 0.1) is 6.42 Å². The molecule has 0 saturated carbocycles. The number of nitrogens with zero attached hydrogens (tertiary/aromatic N) is 2. The molecule has 0 aliphatic carbocycles. The van der Waals surface area contributed by atoms with Gasteiger partial charge in [0.15, 0.2) is 5.69 Å². The number of aromatic nitrogens is 2. The predicted octanol–water partition coefficient (Wildman–Crippen LogP) is 3.06. The molecule has 1 heterocycles. The van der Waals surface area contributed by atoms with Crippen LogP contribution in [-0.4, -0.2) is 22.0 Å². The third kappa shape index (κ3) is 5.34. The van der Waals surface area contributed by atoms with Crippen molar-refractivity contribution in [2.24, 2.45) is 0 Å². The van der Waals surface area contributed by atoms with Crippen LogP contribution in [0.15, 0.2) is 38.3 Å². The lowest BCUT2D eigenvalue weighted by Crippen LogP contribution is -2.42. The lowest BCUT2D eigenvalue weighted by molar-refractivity contribution is -0.118. The van der Waals surface area contributed by atoms with Gasteiger partial charge in [0.1, 0.15) is 5.82 Å². The molecule has 0 aliphatic heterocycles. The van der Waals surface area contributed by atoms with Crippen LogP contribution in [0.2, 0.25) is 0 Å². The first-order valence-electron chi connectivity index (χ1n) is 9.56. The summed E-state index contributed by atoms with van der Waals surface area (Å²) in [7, 11) is 0. The van der Waals surface area contributed by atoms with Gasteiger partial charge >= 0.3 is 5.69 Å². The number of aromatic amines is 1. The maximum absolute atomic E-state index is 13.1. The van der Waals surface area contributed by atoms with Gasteiger partial charge in [-0.1, -0.05) is 54.8 Å². The highest BCUT2D eigenvalue weighted by Crippen LogP contribution is 2.20. The van der Waals surface area contributed by atoms with Crippen LogP contribution in [0.4, 0.5) is 11.5 Å². The number of rotatable bonds is 9. The molecule has 0 unspecified atom stereocenters. The van der Waals surface area contributed by atoms with Crippen LogP contribution in [0, 0.1) is 0 Å². The topological polar surface area (TPSA) is 101 Å². The Labute approximate surface area is 172 Å². The number of nitrogens with two attached hydrogens (primary N) is 1. The summed E-state index contributed by atoms with van der Waals surface area (Å²) in [6.07, 6.45) is 3.33. The minimum atomic E-state index is -0.631.